The molecule has 4 rings (SSSR count). The fourth-order valence-electron chi connectivity index (χ4n) is 7.13. The fraction of sp³-hybridized carbons (Fsp3) is 0.548. The first-order valence-electron chi connectivity index (χ1n) is 20.6. The predicted molar refractivity (Wildman–Crippen MR) is 221 cm³/mol. The molecule has 0 saturated carbocycles. The Morgan fingerprint density at radius 2 is 1.44 bits per heavy atom. The second-order valence-corrected chi connectivity index (χ2v) is 15.1. The highest BCUT2D eigenvalue weighted by atomic mass is 16.5. The summed E-state index contributed by atoms with van der Waals surface area (Å²) in [4.78, 5) is 94.2. The minimum absolute atomic E-state index is 0.0919. The molecule has 0 radical (unpaired) electrons. The van der Waals surface area contributed by atoms with E-state index in [2.05, 4.69) is 57.2 Å². The lowest BCUT2D eigenvalue weighted by atomic mass is 10.0. The Bertz CT molecular complexity index is 1760. The SMILES string of the molecule is CCCCc1ccc(-c2ccc(C(=O)N[C@@H](CCCCN)C(=O)N3CCC[C@H]3C(=O)N[C@@H](N)C(=O)N[C@@H](CCCCN)C(=O)N[C@@H]3CN(CC(=O)OC)C3=O)cc2)cc1. The number of methoxy groups -OCH3 is 1. The Morgan fingerprint density at radius 1 is 0.814 bits per heavy atom. The van der Waals surface area contributed by atoms with Gasteiger partial charge in [-0.3, -0.25) is 33.6 Å². The van der Waals surface area contributed by atoms with E-state index in [0.717, 1.165) is 30.4 Å². The quantitative estimate of drug-likeness (QED) is 0.0350. The zero-order valence-electron chi connectivity index (χ0n) is 34.2. The molecule has 2 aliphatic heterocycles. The van der Waals surface area contributed by atoms with Crippen molar-refractivity contribution in [2.75, 3.05) is 39.8 Å². The third-order valence-electron chi connectivity index (χ3n) is 10.7. The van der Waals surface area contributed by atoms with Crippen LogP contribution < -0.4 is 38.5 Å². The van der Waals surface area contributed by atoms with E-state index in [1.54, 1.807) is 12.1 Å². The van der Waals surface area contributed by atoms with Crippen molar-refractivity contribution >= 4 is 41.4 Å². The number of nitrogens with one attached hydrogen (secondary N) is 4. The Hall–Kier alpha value is -5.39. The molecule has 2 aromatic carbocycles. The van der Waals surface area contributed by atoms with Crippen LogP contribution in [0.25, 0.3) is 11.1 Å². The number of ether oxygens (including phenoxy) is 1. The van der Waals surface area contributed by atoms with Crippen LogP contribution >= 0.6 is 0 Å². The summed E-state index contributed by atoms with van der Waals surface area (Å²) in [5.41, 5.74) is 21.1. The van der Waals surface area contributed by atoms with Crippen LogP contribution in [0.4, 0.5) is 0 Å². The maximum Gasteiger partial charge on any atom is 0.325 e. The average molecular weight is 820 g/mol. The zero-order valence-corrected chi connectivity index (χ0v) is 34.2. The molecule has 17 heteroatoms. The van der Waals surface area contributed by atoms with Crippen molar-refractivity contribution in [3.8, 4) is 11.1 Å². The molecular formula is C42H61N9O8. The molecule has 10 N–H and O–H groups in total. The van der Waals surface area contributed by atoms with Gasteiger partial charge < -0.3 is 53.0 Å². The van der Waals surface area contributed by atoms with Crippen LogP contribution in [0.3, 0.4) is 0 Å². The van der Waals surface area contributed by atoms with Crippen molar-refractivity contribution in [2.45, 2.75) is 108 Å². The highest BCUT2D eigenvalue weighted by molar-refractivity contribution is 6.00. The van der Waals surface area contributed by atoms with Gasteiger partial charge in [-0.1, -0.05) is 49.7 Å². The number of hydrogen-bond acceptors (Lipinski definition) is 11. The molecule has 17 nitrogen and oxygen atoms in total. The number of amides is 6. The summed E-state index contributed by atoms with van der Waals surface area (Å²) in [6, 6.07) is 11.7. The molecule has 59 heavy (non-hydrogen) atoms. The summed E-state index contributed by atoms with van der Waals surface area (Å²) in [5.74, 6) is -4.07. The Kier molecular flexibility index (Phi) is 18.3. The number of nitrogens with two attached hydrogens (primary N) is 3. The lowest BCUT2D eigenvalue weighted by molar-refractivity contribution is -0.155. The number of unbranched alkanes of at least 4 members (excludes halogenated alkanes) is 3. The van der Waals surface area contributed by atoms with Gasteiger partial charge in [0.25, 0.3) is 11.8 Å². The molecule has 0 spiro atoms. The standard InChI is InChI=1S/C42H61N9O8/c1-3-4-10-27-14-16-28(17-15-27)29-18-20-30(21-19-29)37(53)47-32(12-6-8-23-44)42(58)51-24-9-13-34(51)39(55)49-36(45)40(56)46-31(11-5-7-22-43)38(54)48-33-25-50(41(33)57)26-35(52)59-2/h14-21,31-34,36H,3-13,22-26,43-45H2,1-2H3,(H,46,56)(H,47,53)(H,48,54)(H,49,55)/t31-,32-,33+,34-,36+/m0/s1. The molecule has 2 aliphatic rings. The van der Waals surface area contributed by atoms with E-state index in [0.29, 0.717) is 63.6 Å². The number of hydrogen-bond donors (Lipinski definition) is 7. The normalized spacial score (nSPS) is 17.6. The highest BCUT2D eigenvalue weighted by Crippen LogP contribution is 2.23. The highest BCUT2D eigenvalue weighted by Gasteiger charge is 2.41. The van der Waals surface area contributed by atoms with Crippen molar-refractivity contribution in [3.05, 3.63) is 59.7 Å². The molecule has 5 atom stereocenters. The molecule has 322 valence electrons. The molecule has 0 bridgehead atoms. The number of carbonyl (C=O) groups excluding carboxylic acids is 7. The van der Waals surface area contributed by atoms with Crippen LogP contribution in [-0.4, -0.2) is 121 Å². The fourth-order valence-corrected chi connectivity index (χ4v) is 7.13. The summed E-state index contributed by atoms with van der Waals surface area (Å²) >= 11 is 0. The number of benzene rings is 2. The first-order chi connectivity index (χ1) is 28.4. The van der Waals surface area contributed by atoms with Gasteiger partial charge in [-0.15, -0.1) is 0 Å². The smallest absolute Gasteiger partial charge is 0.325 e. The van der Waals surface area contributed by atoms with Gasteiger partial charge in [0.2, 0.25) is 23.6 Å². The zero-order chi connectivity index (χ0) is 42.9. The molecule has 2 aromatic rings. The lowest BCUT2D eigenvalue weighted by Gasteiger charge is -2.38. The second kappa shape index (κ2) is 23.3. The van der Waals surface area contributed by atoms with E-state index < -0.39 is 71.7 Å². The molecular weight excluding hydrogens is 759 g/mol. The van der Waals surface area contributed by atoms with Gasteiger partial charge in [-0.2, -0.15) is 0 Å². The first-order valence-corrected chi connectivity index (χ1v) is 20.6. The van der Waals surface area contributed by atoms with Crippen LogP contribution in [0.2, 0.25) is 0 Å². The van der Waals surface area contributed by atoms with E-state index in [9.17, 15) is 33.6 Å². The van der Waals surface area contributed by atoms with Gasteiger partial charge in [0.05, 0.1) is 13.7 Å². The van der Waals surface area contributed by atoms with Crippen LogP contribution in [0, 0.1) is 0 Å². The number of β-lactam (4-membered cyclic amide) rings is 1. The monoisotopic (exact) mass is 819 g/mol. The molecule has 0 unspecified atom stereocenters. The van der Waals surface area contributed by atoms with Gasteiger partial charge in [0, 0.05) is 12.1 Å². The predicted octanol–water partition coefficient (Wildman–Crippen LogP) is 0.429. The molecule has 0 aromatic heterocycles. The van der Waals surface area contributed by atoms with E-state index in [4.69, 9.17) is 17.2 Å². The van der Waals surface area contributed by atoms with Gasteiger partial charge >= 0.3 is 5.97 Å². The number of esters is 1. The summed E-state index contributed by atoms with van der Waals surface area (Å²) in [7, 11) is 1.20. The molecule has 2 fully saturated rings. The largest absolute Gasteiger partial charge is 0.468 e. The van der Waals surface area contributed by atoms with Crippen LogP contribution in [0.15, 0.2) is 48.5 Å². The second-order valence-electron chi connectivity index (χ2n) is 15.1. The van der Waals surface area contributed by atoms with E-state index in [1.807, 2.05) is 12.1 Å². The van der Waals surface area contributed by atoms with Crippen LogP contribution in [0.5, 0.6) is 0 Å². The van der Waals surface area contributed by atoms with Crippen molar-refractivity contribution in [3.63, 3.8) is 0 Å². The van der Waals surface area contributed by atoms with Gasteiger partial charge in [-0.05, 0) is 106 Å². The Balaban J connectivity index is 1.36. The number of nitrogens with zero attached hydrogens (tertiary/aromatic N) is 2. The van der Waals surface area contributed by atoms with Crippen LogP contribution in [0.1, 0.15) is 87.1 Å². The minimum atomic E-state index is -1.58. The van der Waals surface area contributed by atoms with Crippen molar-refractivity contribution in [1.29, 1.82) is 0 Å². The molecule has 0 aliphatic carbocycles. The maximum atomic E-state index is 14.0. The van der Waals surface area contributed by atoms with Crippen molar-refractivity contribution in [2.24, 2.45) is 17.2 Å². The number of aryl methyl sites for hydroxylation is 1. The third-order valence-corrected chi connectivity index (χ3v) is 10.7. The molecule has 2 heterocycles. The summed E-state index contributed by atoms with van der Waals surface area (Å²) in [6.07, 6.45) is 5.27. The molecule has 2 saturated heterocycles. The number of rotatable bonds is 23. The Morgan fingerprint density at radius 3 is 2.03 bits per heavy atom. The van der Waals surface area contributed by atoms with Gasteiger partial charge in [0.1, 0.15) is 30.7 Å². The summed E-state index contributed by atoms with van der Waals surface area (Å²) in [6.45, 7) is 3.04. The third kappa shape index (κ3) is 13.3. The van der Waals surface area contributed by atoms with Crippen LogP contribution in [-0.2, 0) is 39.9 Å². The van der Waals surface area contributed by atoms with E-state index in [1.165, 1.54) is 22.5 Å². The average Bonchev–Trinajstić information content (AvgIpc) is 3.75. The summed E-state index contributed by atoms with van der Waals surface area (Å²) < 4.78 is 4.58. The Labute approximate surface area is 345 Å². The van der Waals surface area contributed by atoms with E-state index in [-0.39, 0.29) is 26.1 Å². The first kappa shape index (κ1) is 46.3. The maximum absolute atomic E-state index is 14.0. The minimum Gasteiger partial charge on any atom is -0.468 e. The van der Waals surface area contributed by atoms with Gasteiger partial charge in [0.15, 0.2) is 6.17 Å². The number of likely N-dealkylation sites (tertiary alicyclic amines) is 2. The topological polar surface area (TPSA) is 261 Å². The van der Waals surface area contributed by atoms with Crippen molar-refractivity contribution in [1.82, 2.24) is 31.1 Å². The van der Waals surface area contributed by atoms with Gasteiger partial charge in [-0.25, -0.2) is 0 Å². The number of carbonyl (C=O) groups is 7. The lowest BCUT2D eigenvalue weighted by Crippen LogP contribution is -2.67. The van der Waals surface area contributed by atoms with Crippen molar-refractivity contribution < 1.29 is 38.3 Å². The van der Waals surface area contributed by atoms with E-state index >= 15 is 0 Å². The summed E-state index contributed by atoms with van der Waals surface area (Å²) in [5, 5.41) is 10.5. The molecule has 6 amide bonds.